The van der Waals surface area contributed by atoms with Crippen molar-refractivity contribution in [2.24, 2.45) is 0 Å². The number of fused-ring (bicyclic) bond motifs is 1. The monoisotopic (exact) mass is 290 g/mol. The van der Waals surface area contributed by atoms with Gasteiger partial charge in [0.25, 0.3) is 0 Å². The molecule has 2 rings (SSSR count). The maximum atomic E-state index is 11.5. The van der Waals surface area contributed by atoms with Gasteiger partial charge in [-0.3, -0.25) is 0 Å². The normalized spacial score (nSPS) is 12.0. The lowest BCUT2D eigenvalue weighted by Crippen LogP contribution is -2.19. The molecular formula is C16H22N2O3. The molecule has 0 saturated heterocycles. The molecule has 114 valence electrons. The van der Waals surface area contributed by atoms with Crippen LogP contribution in [-0.2, 0) is 12.0 Å². The van der Waals surface area contributed by atoms with Crippen LogP contribution >= 0.6 is 0 Å². The van der Waals surface area contributed by atoms with Gasteiger partial charge in [0.1, 0.15) is 5.82 Å². The fraction of sp³-hybridized carbons (Fsp3) is 0.500. The number of hydrogen-bond donors (Lipinski definition) is 2. The minimum absolute atomic E-state index is 0.142. The summed E-state index contributed by atoms with van der Waals surface area (Å²) in [4.78, 5) is 16.1. The largest absolute Gasteiger partial charge is 0.478 e. The first-order valence-corrected chi connectivity index (χ1v) is 7.20. The number of aliphatic hydroxyl groups excluding tert-OH is 1. The van der Waals surface area contributed by atoms with E-state index in [1.165, 1.54) is 0 Å². The second kappa shape index (κ2) is 5.85. The van der Waals surface area contributed by atoms with Crippen molar-refractivity contribution in [2.75, 3.05) is 6.61 Å². The number of imidazole rings is 1. The van der Waals surface area contributed by atoms with Crippen LogP contribution in [0.15, 0.2) is 18.2 Å². The van der Waals surface area contributed by atoms with E-state index < -0.39 is 5.97 Å². The van der Waals surface area contributed by atoms with E-state index >= 15 is 0 Å². The molecule has 1 heterocycles. The van der Waals surface area contributed by atoms with Gasteiger partial charge in [-0.25, -0.2) is 9.78 Å². The van der Waals surface area contributed by atoms with Crippen LogP contribution in [0.2, 0.25) is 0 Å². The number of aliphatic hydroxyl groups is 1. The van der Waals surface area contributed by atoms with E-state index in [9.17, 15) is 9.90 Å². The number of para-hydroxylation sites is 1. The molecule has 0 bridgehead atoms. The highest BCUT2D eigenvalue weighted by atomic mass is 16.4. The molecule has 0 saturated carbocycles. The van der Waals surface area contributed by atoms with Gasteiger partial charge in [-0.15, -0.1) is 0 Å². The van der Waals surface area contributed by atoms with Gasteiger partial charge in [-0.05, 0) is 25.0 Å². The van der Waals surface area contributed by atoms with Crippen molar-refractivity contribution in [3.05, 3.63) is 29.6 Å². The molecular weight excluding hydrogens is 268 g/mol. The highest BCUT2D eigenvalue weighted by Gasteiger charge is 2.25. The third-order valence-electron chi connectivity index (χ3n) is 3.46. The topological polar surface area (TPSA) is 75.3 Å². The number of hydrogen-bond acceptors (Lipinski definition) is 3. The van der Waals surface area contributed by atoms with Crippen LogP contribution in [0.1, 0.15) is 49.8 Å². The molecule has 1 aromatic heterocycles. The van der Waals surface area contributed by atoms with E-state index in [1.54, 1.807) is 12.1 Å². The van der Waals surface area contributed by atoms with Crippen molar-refractivity contribution in [2.45, 2.75) is 45.6 Å². The molecule has 0 atom stereocenters. The zero-order chi connectivity index (χ0) is 15.6. The molecule has 0 spiro atoms. The molecule has 5 nitrogen and oxygen atoms in total. The summed E-state index contributed by atoms with van der Waals surface area (Å²) in [6.07, 6.45) is 1.48. The van der Waals surface area contributed by atoms with Crippen molar-refractivity contribution in [3.63, 3.8) is 0 Å². The molecule has 0 aliphatic rings. The van der Waals surface area contributed by atoms with Gasteiger partial charge in [-0.1, -0.05) is 26.8 Å². The number of aromatic nitrogens is 2. The quantitative estimate of drug-likeness (QED) is 0.830. The first-order chi connectivity index (χ1) is 9.86. The summed E-state index contributed by atoms with van der Waals surface area (Å²) in [5, 5.41) is 18.4. The van der Waals surface area contributed by atoms with Crippen molar-refractivity contribution in [1.29, 1.82) is 0 Å². The van der Waals surface area contributed by atoms with Gasteiger partial charge < -0.3 is 14.8 Å². The highest BCUT2D eigenvalue weighted by Crippen LogP contribution is 2.28. The Labute approximate surface area is 124 Å². The van der Waals surface area contributed by atoms with E-state index in [4.69, 9.17) is 5.11 Å². The van der Waals surface area contributed by atoms with Gasteiger partial charge in [-0.2, -0.15) is 0 Å². The number of nitrogens with zero attached hydrogens (tertiary/aromatic N) is 2. The van der Waals surface area contributed by atoms with Gasteiger partial charge in [0.2, 0.25) is 0 Å². The van der Waals surface area contributed by atoms with Crippen LogP contribution < -0.4 is 0 Å². The van der Waals surface area contributed by atoms with E-state index in [1.807, 2.05) is 10.6 Å². The second-order valence-corrected chi connectivity index (χ2v) is 6.25. The highest BCUT2D eigenvalue weighted by molar-refractivity contribution is 6.01. The number of carboxylic acids is 1. The maximum Gasteiger partial charge on any atom is 0.337 e. The predicted molar refractivity (Wildman–Crippen MR) is 81.7 cm³/mol. The Bertz CT molecular complexity index is 653. The summed E-state index contributed by atoms with van der Waals surface area (Å²) in [6.45, 7) is 7.00. The first kappa shape index (κ1) is 15.5. The molecule has 0 unspecified atom stereocenters. The third-order valence-corrected chi connectivity index (χ3v) is 3.46. The first-order valence-electron chi connectivity index (χ1n) is 7.20. The average Bonchev–Trinajstić information content (AvgIpc) is 2.78. The number of carboxylic acid groups (broad SMARTS) is 1. The molecule has 0 aliphatic heterocycles. The lowest BCUT2D eigenvalue weighted by atomic mass is 9.95. The summed E-state index contributed by atoms with van der Waals surface area (Å²) in [5.74, 6) is -0.0616. The Morgan fingerprint density at radius 3 is 2.57 bits per heavy atom. The van der Waals surface area contributed by atoms with Gasteiger partial charge in [0.15, 0.2) is 0 Å². The minimum atomic E-state index is -0.940. The van der Waals surface area contributed by atoms with Gasteiger partial charge >= 0.3 is 5.97 Å². The molecule has 0 aliphatic carbocycles. The smallest absolute Gasteiger partial charge is 0.337 e. The zero-order valence-corrected chi connectivity index (χ0v) is 12.8. The fourth-order valence-corrected chi connectivity index (χ4v) is 2.53. The number of carbonyl (C=O) groups is 1. The maximum absolute atomic E-state index is 11.5. The van der Waals surface area contributed by atoms with E-state index in [2.05, 4.69) is 25.8 Å². The molecule has 5 heteroatoms. The Kier molecular flexibility index (Phi) is 4.32. The molecule has 0 amide bonds. The summed E-state index contributed by atoms with van der Waals surface area (Å²) in [7, 11) is 0. The van der Waals surface area contributed by atoms with Crippen molar-refractivity contribution < 1.29 is 15.0 Å². The van der Waals surface area contributed by atoms with E-state index in [-0.39, 0.29) is 17.6 Å². The lowest BCUT2D eigenvalue weighted by molar-refractivity contribution is 0.0698. The number of aromatic carboxylic acids is 1. The zero-order valence-electron chi connectivity index (χ0n) is 12.8. The lowest BCUT2D eigenvalue weighted by Gasteiger charge is -2.20. The third kappa shape index (κ3) is 3.08. The second-order valence-electron chi connectivity index (χ2n) is 6.25. The van der Waals surface area contributed by atoms with E-state index in [0.717, 1.165) is 12.2 Å². The van der Waals surface area contributed by atoms with Gasteiger partial charge in [0, 0.05) is 18.6 Å². The molecule has 0 fully saturated rings. The van der Waals surface area contributed by atoms with Crippen LogP contribution in [0.25, 0.3) is 11.0 Å². The SMILES string of the molecule is CC(C)(C)c1nc2cccc(C(=O)O)c2n1CCCCO. The number of benzene rings is 1. The van der Waals surface area contributed by atoms with Crippen LogP contribution in [0.4, 0.5) is 0 Å². The molecule has 21 heavy (non-hydrogen) atoms. The Morgan fingerprint density at radius 1 is 1.29 bits per heavy atom. The number of unbranched alkanes of at least 4 members (excludes halogenated alkanes) is 1. The predicted octanol–water partition coefficient (Wildman–Crippen LogP) is 2.80. The average molecular weight is 290 g/mol. The van der Waals surface area contributed by atoms with Crippen LogP contribution in [-0.4, -0.2) is 32.3 Å². The molecule has 1 aromatic carbocycles. The van der Waals surface area contributed by atoms with Crippen LogP contribution in [0, 0.1) is 0 Å². The van der Waals surface area contributed by atoms with Crippen molar-refractivity contribution in [1.82, 2.24) is 9.55 Å². The minimum Gasteiger partial charge on any atom is -0.478 e. The van der Waals surface area contributed by atoms with Crippen molar-refractivity contribution in [3.8, 4) is 0 Å². The molecule has 2 aromatic rings. The van der Waals surface area contributed by atoms with Crippen LogP contribution in [0.5, 0.6) is 0 Å². The van der Waals surface area contributed by atoms with E-state index in [0.29, 0.717) is 24.0 Å². The van der Waals surface area contributed by atoms with Crippen molar-refractivity contribution >= 4 is 17.0 Å². The Balaban J connectivity index is 2.65. The number of aryl methyl sites for hydroxylation is 1. The van der Waals surface area contributed by atoms with Crippen LogP contribution in [0.3, 0.4) is 0 Å². The molecule has 0 radical (unpaired) electrons. The van der Waals surface area contributed by atoms with Gasteiger partial charge in [0.05, 0.1) is 16.6 Å². The summed E-state index contributed by atoms with van der Waals surface area (Å²) in [5.41, 5.74) is 1.49. The Hall–Kier alpha value is -1.88. The number of rotatable bonds is 5. The standard InChI is InChI=1S/C16H22N2O3/c1-16(2,3)15-17-12-8-6-7-11(14(20)21)13(12)18(15)9-4-5-10-19/h6-8,19H,4-5,9-10H2,1-3H3,(H,20,21). The molecule has 2 N–H and O–H groups in total. The summed E-state index contributed by atoms with van der Waals surface area (Å²) >= 11 is 0. The summed E-state index contributed by atoms with van der Waals surface area (Å²) in [6, 6.07) is 5.18. The Morgan fingerprint density at radius 2 is 2.00 bits per heavy atom. The summed E-state index contributed by atoms with van der Waals surface area (Å²) < 4.78 is 1.99. The fourth-order valence-electron chi connectivity index (χ4n) is 2.53.